The van der Waals surface area contributed by atoms with Gasteiger partial charge in [0.05, 0.1) is 7.11 Å². The molecule has 2 aromatic carbocycles. The molecule has 2 rings (SSSR count). The number of methoxy groups -OCH3 is 1. The molecule has 21 heavy (non-hydrogen) atoms. The highest BCUT2D eigenvalue weighted by Gasteiger charge is 2.10. The summed E-state index contributed by atoms with van der Waals surface area (Å²) in [6.07, 6.45) is 4.47. The van der Waals surface area contributed by atoms with Crippen LogP contribution in [0.25, 0.3) is 10.8 Å². The number of rotatable bonds is 5. The minimum Gasteiger partial charge on any atom is -0.496 e. The summed E-state index contributed by atoms with van der Waals surface area (Å²) >= 11 is 0. The second kappa shape index (κ2) is 6.80. The van der Waals surface area contributed by atoms with Gasteiger partial charge < -0.3 is 4.74 Å². The molecule has 0 saturated heterocycles. The molecule has 0 N–H and O–H groups in total. The highest BCUT2D eigenvalue weighted by molar-refractivity contribution is 5.88. The number of benzene rings is 2. The molecular formula is C20H26O. The zero-order valence-corrected chi connectivity index (χ0v) is 13.9. The predicted octanol–water partition coefficient (Wildman–Crippen LogP) is 5.87. The van der Waals surface area contributed by atoms with Crippen molar-refractivity contribution in [1.82, 2.24) is 0 Å². The zero-order valence-electron chi connectivity index (χ0n) is 13.9. The van der Waals surface area contributed by atoms with Gasteiger partial charge in [0.15, 0.2) is 0 Å². The van der Waals surface area contributed by atoms with Crippen molar-refractivity contribution in [1.29, 1.82) is 0 Å². The van der Waals surface area contributed by atoms with E-state index >= 15 is 0 Å². The van der Waals surface area contributed by atoms with Gasteiger partial charge in [-0.1, -0.05) is 43.7 Å². The molecule has 0 amide bonds. The van der Waals surface area contributed by atoms with E-state index in [0.29, 0.717) is 5.92 Å². The monoisotopic (exact) mass is 282 g/mol. The van der Waals surface area contributed by atoms with Crippen LogP contribution in [-0.2, 0) is 6.42 Å². The topological polar surface area (TPSA) is 9.23 Å². The normalized spacial score (nSPS) is 11.0. The maximum Gasteiger partial charge on any atom is 0.122 e. The average Bonchev–Trinajstić information content (AvgIpc) is 2.45. The van der Waals surface area contributed by atoms with Crippen LogP contribution in [0.1, 0.15) is 51.2 Å². The van der Waals surface area contributed by atoms with E-state index in [1.54, 1.807) is 7.11 Å². The number of allylic oxidation sites excluding steroid dienone is 2. The molecule has 0 atom stereocenters. The predicted molar refractivity (Wildman–Crippen MR) is 92.3 cm³/mol. The summed E-state index contributed by atoms with van der Waals surface area (Å²) in [6, 6.07) is 11.1. The van der Waals surface area contributed by atoms with E-state index in [2.05, 4.69) is 64.1 Å². The molecule has 0 unspecified atom stereocenters. The van der Waals surface area contributed by atoms with Crippen LogP contribution < -0.4 is 4.74 Å². The number of aryl methyl sites for hydroxylation is 1. The molecule has 112 valence electrons. The van der Waals surface area contributed by atoms with Gasteiger partial charge in [-0.05, 0) is 66.6 Å². The SMILES string of the molecule is COc1cc2c(CCC=C(C)C)cccc2cc1C(C)C. The van der Waals surface area contributed by atoms with Gasteiger partial charge in [0.25, 0.3) is 0 Å². The second-order valence-electron chi connectivity index (χ2n) is 6.21. The van der Waals surface area contributed by atoms with Gasteiger partial charge in [-0.25, -0.2) is 0 Å². The van der Waals surface area contributed by atoms with Gasteiger partial charge in [0.2, 0.25) is 0 Å². The van der Waals surface area contributed by atoms with Crippen molar-refractivity contribution >= 4 is 10.8 Å². The molecule has 0 fully saturated rings. The van der Waals surface area contributed by atoms with Crippen LogP contribution in [0.3, 0.4) is 0 Å². The standard InChI is InChI=1S/C20H26O/c1-14(2)8-6-9-16-10-7-11-17-12-18(15(3)4)20(21-5)13-19(16)17/h7-8,10-13,15H,6,9H2,1-5H3. The Bertz CT molecular complexity index is 646. The lowest BCUT2D eigenvalue weighted by atomic mass is 9.94. The summed E-state index contributed by atoms with van der Waals surface area (Å²) in [7, 11) is 1.76. The second-order valence-corrected chi connectivity index (χ2v) is 6.21. The Hall–Kier alpha value is -1.76. The molecule has 0 bridgehead atoms. The maximum atomic E-state index is 5.60. The van der Waals surface area contributed by atoms with Crippen molar-refractivity contribution in [2.45, 2.75) is 46.5 Å². The molecule has 0 aliphatic carbocycles. The summed E-state index contributed by atoms with van der Waals surface area (Å²) < 4.78 is 5.60. The summed E-state index contributed by atoms with van der Waals surface area (Å²) in [5.41, 5.74) is 4.07. The lowest BCUT2D eigenvalue weighted by molar-refractivity contribution is 0.408. The Morgan fingerprint density at radius 1 is 1.19 bits per heavy atom. The van der Waals surface area contributed by atoms with Crippen molar-refractivity contribution in [2.24, 2.45) is 0 Å². The van der Waals surface area contributed by atoms with Gasteiger partial charge in [-0.3, -0.25) is 0 Å². The van der Waals surface area contributed by atoms with Gasteiger partial charge in [0.1, 0.15) is 5.75 Å². The number of fused-ring (bicyclic) bond motifs is 1. The Balaban J connectivity index is 2.46. The largest absolute Gasteiger partial charge is 0.496 e. The smallest absolute Gasteiger partial charge is 0.122 e. The van der Waals surface area contributed by atoms with E-state index in [-0.39, 0.29) is 0 Å². The zero-order chi connectivity index (χ0) is 15.4. The highest BCUT2D eigenvalue weighted by Crippen LogP contribution is 2.33. The first kappa shape index (κ1) is 15.6. The van der Waals surface area contributed by atoms with E-state index in [1.165, 1.54) is 27.5 Å². The molecule has 1 nitrogen and oxygen atoms in total. The fourth-order valence-corrected chi connectivity index (χ4v) is 2.75. The third-order valence-electron chi connectivity index (χ3n) is 3.91. The Morgan fingerprint density at radius 2 is 1.95 bits per heavy atom. The molecule has 2 aromatic rings. The summed E-state index contributed by atoms with van der Waals surface area (Å²) in [6.45, 7) is 8.73. The van der Waals surface area contributed by atoms with Crippen LogP contribution >= 0.6 is 0 Å². The Labute approximate surface area is 128 Å². The maximum absolute atomic E-state index is 5.60. The van der Waals surface area contributed by atoms with E-state index < -0.39 is 0 Å². The van der Waals surface area contributed by atoms with Crippen LogP contribution in [0.2, 0.25) is 0 Å². The molecule has 1 heteroatoms. The van der Waals surface area contributed by atoms with E-state index in [1.807, 2.05) is 0 Å². The first-order valence-electron chi connectivity index (χ1n) is 7.75. The summed E-state index contributed by atoms with van der Waals surface area (Å²) in [5.74, 6) is 1.48. The van der Waals surface area contributed by atoms with Crippen molar-refractivity contribution in [3.63, 3.8) is 0 Å². The molecule has 0 heterocycles. The Kier molecular flexibility index (Phi) is 5.06. The number of hydrogen-bond acceptors (Lipinski definition) is 1. The molecule has 0 aromatic heterocycles. The highest BCUT2D eigenvalue weighted by atomic mass is 16.5. The Morgan fingerprint density at radius 3 is 2.57 bits per heavy atom. The molecule has 0 radical (unpaired) electrons. The van der Waals surface area contributed by atoms with Crippen LogP contribution in [0.15, 0.2) is 42.0 Å². The van der Waals surface area contributed by atoms with Gasteiger partial charge >= 0.3 is 0 Å². The lowest BCUT2D eigenvalue weighted by Crippen LogP contribution is -1.96. The number of hydrogen-bond donors (Lipinski definition) is 0. The van der Waals surface area contributed by atoms with E-state index in [0.717, 1.165) is 18.6 Å². The molecule has 0 aliphatic rings. The third-order valence-corrected chi connectivity index (χ3v) is 3.91. The van der Waals surface area contributed by atoms with Crippen LogP contribution in [-0.4, -0.2) is 7.11 Å². The first-order valence-corrected chi connectivity index (χ1v) is 7.75. The van der Waals surface area contributed by atoms with Crippen LogP contribution in [0, 0.1) is 0 Å². The van der Waals surface area contributed by atoms with Crippen molar-refractivity contribution < 1.29 is 4.74 Å². The van der Waals surface area contributed by atoms with Crippen LogP contribution in [0.5, 0.6) is 5.75 Å². The third kappa shape index (κ3) is 3.66. The molecule has 0 aliphatic heterocycles. The summed E-state index contributed by atoms with van der Waals surface area (Å²) in [4.78, 5) is 0. The fourth-order valence-electron chi connectivity index (χ4n) is 2.75. The molecule has 0 spiro atoms. The molecular weight excluding hydrogens is 256 g/mol. The van der Waals surface area contributed by atoms with Gasteiger partial charge in [-0.15, -0.1) is 0 Å². The first-order chi connectivity index (χ1) is 10.0. The fraction of sp³-hybridized carbons (Fsp3) is 0.400. The van der Waals surface area contributed by atoms with Crippen LogP contribution in [0.4, 0.5) is 0 Å². The minimum atomic E-state index is 0.471. The quantitative estimate of drug-likeness (QED) is 0.623. The van der Waals surface area contributed by atoms with Crippen molar-refractivity contribution in [2.75, 3.05) is 7.11 Å². The van der Waals surface area contributed by atoms with Crippen molar-refractivity contribution in [3.8, 4) is 5.75 Å². The van der Waals surface area contributed by atoms with Gasteiger partial charge in [0, 0.05) is 0 Å². The lowest BCUT2D eigenvalue weighted by Gasteiger charge is -2.15. The number of ether oxygens (including phenoxy) is 1. The van der Waals surface area contributed by atoms with Gasteiger partial charge in [-0.2, -0.15) is 0 Å². The summed E-state index contributed by atoms with van der Waals surface area (Å²) in [5, 5.41) is 2.63. The average molecular weight is 282 g/mol. The van der Waals surface area contributed by atoms with E-state index in [9.17, 15) is 0 Å². The molecule has 0 saturated carbocycles. The van der Waals surface area contributed by atoms with E-state index in [4.69, 9.17) is 4.74 Å². The minimum absolute atomic E-state index is 0.471. The van der Waals surface area contributed by atoms with Crippen molar-refractivity contribution in [3.05, 3.63) is 53.1 Å².